The zero-order valence-electron chi connectivity index (χ0n) is 17.2. The second-order valence-electron chi connectivity index (χ2n) is 8.04. The largest absolute Gasteiger partial charge is 0.311 e. The van der Waals surface area contributed by atoms with Crippen LogP contribution in [0, 0.1) is 0 Å². The first-order valence-corrected chi connectivity index (χ1v) is 11.9. The van der Waals surface area contributed by atoms with Crippen molar-refractivity contribution in [3.63, 3.8) is 0 Å². The number of nitrogens with zero attached hydrogens (tertiary/aromatic N) is 2. The molecular weight excluding hydrogens is 504 g/mol. The van der Waals surface area contributed by atoms with Crippen molar-refractivity contribution >= 4 is 43.5 Å². The molecule has 0 aromatic heterocycles. The summed E-state index contributed by atoms with van der Waals surface area (Å²) in [5, 5.41) is 0. The molecule has 30 heavy (non-hydrogen) atoms. The molecule has 0 aliphatic carbocycles. The molecule has 0 radical (unpaired) electrons. The van der Waals surface area contributed by atoms with Gasteiger partial charge in [0.1, 0.15) is 0 Å². The second-order valence-corrected chi connectivity index (χ2v) is 9.87. The number of benzene rings is 2. The van der Waals surface area contributed by atoms with Gasteiger partial charge in [-0.1, -0.05) is 63.1 Å². The first kappa shape index (κ1) is 21.5. The van der Waals surface area contributed by atoms with Gasteiger partial charge in [-0.15, -0.1) is 13.2 Å². The predicted molar refractivity (Wildman–Crippen MR) is 131 cm³/mol. The highest BCUT2D eigenvalue weighted by Gasteiger charge is 2.62. The molecule has 1 saturated heterocycles. The van der Waals surface area contributed by atoms with E-state index < -0.39 is 5.41 Å². The summed E-state index contributed by atoms with van der Waals surface area (Å²) in [6.45, 7) is 11.6. The third-order valence-electron chi connectivity index (χ3n) is 6.36. The summed E-state index contributed by atoms with van der Waals surface area (Å²) in [5.41, 5.74) is 2.64. The Morgan fingerprint density at radius 1 is 1.13 bits per heavy atom. The van der Waals surface area contributed by atoms with Crippen LogP contribution in [-0.2, 0) is 10.2 Å². The average molecular weight is 530 g/mol. The van der Waals surface area contributed by atoms with E-state index in [2.05, 4.69) is 93.2 Å². The van der Waals surface area contributed by atoms with E-state index in [1.807, 2.05) is 23.1 Å². The Kier molecular flexibility index (Phi) is 6.06. The monoisotopic (exact) mass is 528 g/mol. The Labute approximate surface area is 195 Å². The fourth-order valence-corrected chi connectivity index (χ4v) is 5.86. The van der Waals surface area contributed by atoms with Gasteiger partial charge in [-0.2, -0.15) is 0 Å². The number of hydrogen-bond acceptors (Lipinski definition) is 2. The standard InChI is InChI=1S/C25H26Br2N2O/c1-4-13-28-20(6-3)16-25(23(28)17-7-9-18(26)10-8-17)21-15-19(27)11-12-22(21)29(14-5-2)24(25)30/h4,6-12,15,20,23H,1,3,5,13-14,16H2,2H3/t20-,23+,25+/m1/s1. The first-order valence-electron chi connectivity index (χ1n) is 10.3. The summed E-state index contributed by atoms with van der Waals surface area (Å²) in [5.74, 6) is 0.198. The number of rotatable bonds is 6. The van der Waals surface area contributed by atoms with Crippen LogP contribution in [0.3, 0.4) is 0 Å². The molecule has 1 amide bonds. The van der Waals surface area contributed by atoms with Crippen molar-refractivity contribution in [2.45, 2.75) is 37.3 Å². The van der Waals surface area contributed by atoms with Crippen molar-refractivity contribution in [2.24, 2.45) is 0 Å². The van der Waals surface area contributed by atoms with Crippen molar-refractivity contribution in [3.8, 4) is 0 Å². The Morgan fingerprint density at radius 2 is 1.83 bits per heavy atom. The minimum absolute atomic E-state index is 0.0889. The Hall–Kier alpha value is -1.69. The molecule has 1 fully saturated rings. The van der Waals surface area contributed by atoms with Crippen LogP contribution in [-0.4, -0.2) is 29.9 Å². The first-order chi connectivity index (χ1) is 14.5. The van der Waals surface area contributed by atoms with Crippen LogP contribution < -0.4 is 4.90 Å². The summed E-state index contributed by atoms with van der Waals surface area (Å²) in [6, 6.07) is 14.6. The molecular formula is C25H26Br2N2O. The van der Waals surface area contributed by atoms with E-state index in [9.17, 15) is 4.79 Å². The molecule has 0 saturated carbocycles. The number of carbonyl (C=O) groups excluding carboxylic acids is 1. The minimum Gasteiger partial charge on any atom is -0.311 e. The molecule has 1 spiro atoms. The maximum absolute atomic E-state index is 14.2. The quantitative estimate of drug-likeness (QED) is 0.404. The molecule has 2 aliphatic heterocycles. The lowest BCUT2D eigenvalue weighted by Crippen LogP contribution is -2.45. The van der Waals surface area contributed by atoms with E-state index in [1.54, 1.807) is 0 Å². The summed E-state index contributed by atoms with van der Waals surface area (Å²) in [4.78, 5) is 18.5. The third-order valence-corrected chi connectivity index (χ3v) is 7.38. The number of hydrogen-bond donors (Lipinski definition) is 0. The fraction of sp³-hybridized carbons (Fsp3) is 0.320. The number of halogens is 2. The van der Waals surface area contributed by atoms with Crippen molar-refractivity contribution in [1.82, 2.24) is 4.90 Å². The Balaban J connectivity index is 1.98. The van der Waals surface area contributed by atoms with Gasteiger partial charge in [-0.05, 0) is 54.3 Å². The molecule has 2 aliphatic rings. The second kappa shape index (κ2) is 8.45. The predicted octanol–water partition coefficient (Wildman–Crippen LogP) is 6.39. The molecule has 0 N–H and O–H groups in total. The Morgan fingerprint density at radius 3 is 2.47 bits per heavy atom. The maximum Gasteiger partial charge on any atom is 0.239 e. The van der Waals surface area contributed by atoms with Crippen LogP contribution in [0.15, 0.2) is 76.7 Å². The summed E-state index contributed by atoms with van der Waals surface area (Å²) < 4.78 is 2.03. The molecule has 4 rings (SSSR count). The van der Waals surface area contributed by atoms with Gasteiger partial charge >= 0.3 is 0 Å². The molecule has 156 valence electrons. The normalized spacial score (nSPS) is 25.7. The minimum atomic E-state index is -0.649. The SMILES string of the molecule is C=CCN1[C@H](C=C)C[C@@]2(C(=O)N(CCC)c3ccc(Br)cc32)[C@@H]1c1ccc(Br)cc1. The van der Waals surface area contributed by atoms with Gasteiger partial charge in [0.25, 0.3) is 0 Å². The highest BCUT2D eigenvalue weighted by atomic mass is 79.9. The van der Waals surface area contributed by atoms with Gasteiger partial charge < -0.3 is 4.90 Å². The van der Waals surface area contributed by atoms with E-state index in [-0.39, 0.29) is 18.0 Å². The van der Waals surface area contributed by atoms with E-state index in [4.69, 9.17) is 0 Å². The van der Waals surface area contributed by atoms with Crippen LogP contribution >= 0.6 is 31.9 Å². The van der Waals surface area contributed by atoms with Crippen molar-refractivity contribution in [2.75, 3.05) is 18.0 Å². The molecule has 0 unspecified atom stereocenters. The van der Waals surface area contributed by atoms with E-state index in [0.717, 1.165) is 38.7 Å². The fourth-order valence-electron chi connectivity index (χ4n) is 5.24. The molecule has 2 aromatic carbocycles. The lowest BCUT2D eigenvalue weighted by atomic mass is 9.72. The van der Waals surface area contributed by atoms with Crippen LogP contribution in [0.4, 0.5) is 5.69 Å². The number of likely N-dealkylation sites (tertiary alicyclic amines) is 1. The van der Waals surface area contributed by atoms with E-state index in [0.29, 0.717) is 13.0 Å². The van der Waals surface area contributed by atoms with Crippen LogP contribution in [0.25, 0.3) is 0 Å². The molecule has 2 heterocycles. The van der Waals surface area contributed by atoms with Crippen LogP contribution in [0.2, 0.25) is 0 Å². The summed E-state index contributed by atoms with van der Waals surface area (Å²) >= 11 is 7.20. The average Bonchev–Trinajstić information content (AvgIpc) is 3.18. The molecule has 5 heteroatoms. The maximum atomic E-state index is 14.2. The van der Waals surface area contributed by atoms with Gasteiger partial charge in [0.15, 0.2) is 0 Å². The van der Waals surface area contributed by atoms with E-state index in [1.165, 1.54) is 0 Å². The summed E-state index contributed by atoms with van der Waals surface area (Å²) in [6.07, 6.45) is 5.54. The highest BCUT2D eigenvalue weighted by Crippen LogP contribution is 2.59. The van der Waals surface area contributed by atoms with E-state index >= 15 is 0 Å². The van der Waals surface area contributed by atoms with Gasteiger partial charge in [-0.3, -0.25) is 9.69 Å². The molecule has 3 nitrogen and oxygen atoms in total. The molecule has 0 bridgehead atoms. The molecule has 2 aromatic rings. The van der Waals surface area contributed by atoms with Gasteiger partial charge in [-0.25, -0.2) is 0 Å². The Bertz CT molecular complexity index is 987. The lowest BCUT2D eigenvalue weighted by molar-refractivity contribution is -0.124. The molecule has 3 atom stereocenters. The van der Waals surface area contributed by atoms with Gasteiger partial charge in [0.05, 0.1) is 11.5 Å². The number of amides is 1. The van der Waals surface area contributed by atoms with Crippen LogP contribution in [0.1, 0.15) is 36.9 Å². The lowest BCUT2D eigenvalue weighted by Gasteiger charge is -2.35. The van der Waals surface area contributed by atoms with Crippen molar-refractivity contribution in [3.05, 3.63) is 87.8 Å². The van der Waals surface area contributed by atoms with Gasteiger partial charge in [0, 0.05) is 33.8 Å². The topological polar surface area (TPSA) is 23.6 Å². The van der Waals surface area contributed by atoms with Crippen molar-refractivity contribution in [1.29, 1.82) is 0 Å². The zero-order chi connectivity index (χ0) is 21.5. The van der Waals surface area contributed by atoms with Gasteiger partial charge in [0.2, 0.25) is 5.91 Å². The highest BCUT2D eigenvalue weighted by molar-refractivity contribution is 9.10. The van der Waals surface area contributed by atoms with Crippen molar-refractivity contribution < 1.29 is 4.79 Å². The third kappa shape index (κ3) is 3.22. The van der Waals surface area contributed by atoms with Crippen LogP contribution in [0.5, 0.6) is 0 Å². The number of fused-ring (bicyclic) bond motifs is 2. The number of anilines is 1. The zero-order valence-corrected chi connectivity index (χ0v) is 20.3. The smallest absolute Gasteiger partial charge is 0.239 e. The summed E-state index contributed by atoms with van der Waals surface area (Å²) in [7, 11) is 0. The number of carbonyl (C=O) groups is 1.